The summed E-state index contributed by atoms with van der Waals surface area (Å²) in [7, 11) is 4.55. The minimum Gasteiger partial charge on any atom is -0.870 e. The van der Waals surface area contributed by atoms with Crippen molar-refractivity contribution in [1.29, 1.82) is 0 Å². The van der Waals surface area contributed by atoms with Crippen molar-refractivity contribution in [2.75, 3.05) is 14.1 Å². The molecule has 0 bridgehead atoms. The molecule has 1 aromatic carbocycles. The molecule has 0 aliphatic carbocycles. The number of benzene rings is 1. The van der Waals surface area contributed by atoms with Gasteiger partial charge in [0.15, 0.2) is 0 Å². The van der Waals surface area contributed by atoms with Crippen LogP contribution in [0.4, 0.5) is 0 Å². The number of hydrogen-bond donors (Lipinski definition) is 0. The third-order valence-electron chi connectivity index (χ3n) is 2.83. The van der Waals surface area contributed by atoms with Gasteiger partial charge < -0.3 is 9.96 Å². The molecule has 80 valence electrons. The quantitative estimate of drug-likeness (QED) is 0.681. The van der Waals surface area contributed by atoms with Crippen molar-refractivity contribution in [3.05, 3.63) is 35.9 Å². The largest absolute Gasteiger partial charge is 0.870 e. The molecular weight excluding hydrogens is 174 g/mol. The average Bonchev–Trinajstić information content (AvgIpc) is 2.05. The van der Waals surface area contributed by atoms with E-state index in [9.17, 15) is 0 Å². The van der Waals surface area contributed by atoms with Gasteiger partial charge in [0, 0.05) is 5.56 Å². The highest BCUT2D eigenvalue weighted by Gasteiger charge is 2.19. The van der Waals surface area contributed by atoms with Crippen molar-refractivity contribution in [3.63, 3.8) is 0 Å². The second-order valence-electron chi connectivity index (χ2n) is 4.52. The Morgan fingerprint density at radius 2 is 1.57 bits per heavy atom. The van der Waals surface area contributed by atoms with Crippen LogP contribution in [0.5, 0.6) is 0 Å². The predicted octanol–water partition coefficient (Wildman–Crippen LogP) is 2.49. The van der Waals surface area contributed by atoms with Gasteiger partial charge in [-0.05, 0) is 13.8 Å². The van der Waals surface area contributed by atoms with E-state index in [1.54, 1.807) is 0 Å². The molecule has 1 aromatic rings. The Kier molecular flexibility index (Phi) is 4.81. The van der Waals surface area contributed by atoms with Crippen molar-refractivity contribution in [2.45, 2.75) is 26.4 Å². The van der Waals surface area contributed by atoms with E-state index in [4.69, 9.17) is 0 Å². The monoisotopic (exact) mass is 195 g/mol. The highest BCUT2D eigenvalue weighted by molar-refractivity contribution is 5.13. The molecule has 1 rings (SSSR count). The fourth-order valence-electron chi connectivity index (χ4n) is 1.24. The molecule has 0 aliphatic heterocycles. The molecule has 0 radical (unpaired) electrons. The highest BCUT2D eigenvalue weighted by atomic mass is 16.0. The third-order valence-corrected chi connectivity index (χ3v) is 2.83. The second-order valence-corrected chi connectivity index (χ2v) is 4.52. The third kappa shape index (κ3) is 3.48. The topological polar surface area (TPSA) is 30.0 Å². The Morgan fingerprint density at radius 1 is 1.07 bits per heavy atom. The molecule has 2 heteroatoms. The molecule has 1 N–H and O–H groups in total. The maximum Gasteiger partial charge on any atom is 0.104 e. The van der Waals surface area contributed by atoms with Gasteiger partial charge in [-0.2, -0.15) is 0 Å². The van der Waals surface area contributed by atoms with Crippen LogP contribution >= 0.6 is 0 Å². The van der Waals surface area contributed by atoms with E-state index >= 15 is 0 Å². The van der Waals surface area contributed by atoms with Crippen LogP contribution in [0.1, 0.15) is 19.4 Å². The van der Waals surface area contributed by atoms with Gasteiger partial charge in [-0.15, -0.1) is 0 Å². The summed E-state index contributed by atoms with van der Waals surface area (Å²) in [6, 6.07) is 11.3. The van der Waals surface area contributed by atoms with Gasteiger partial charge in [0.1, 0.15) is 6.54 Å². The summed E-state index contributed by atoms with van der Waals surface area (Å²) >= 11 is 0. The molecule has 0 amide bonds. The molecule has 0 spiro atoms. The molecule has 0 fully saturated rings. The van der Waals surface area contributed by atoms with Crippen molar-refractivity contribution < 1.29 is 9.96 Å². The maximum absolute atomic E-state index is 2.28. The lowest BCUT2D eigenvalue weighted by Gasteiger charge is -2.34. The summed E-state index contributed by atoms with van der Waals surface area (Å²) in [5, 5.41) is 0. The maximum atomic E-state index is 2.28. The Labute approximate surface area is 87.1 Å². The summed E-state index contributed by atoms with van der Waals surface area (Å²) in [5.74, 6) is 0. The lowest BCUT2D eigenvalue weighted by molar-refractivity contribution is -0.924. The Hall–Kier alpha value is -0.860. The van der Waals surface area contributed by atoms with E-state index < -0.39 is 0 Å². The highest BCUT2D eigenvalue weighted by Crippen LogP contribution is 2.12. The summed E-state index contributed by atoms with van der Waals surface area (Å²) in [6.07, 6.45) is 0. The molecule has 14 heavy (non-hydrogen) atoms. The zero-order valence-corrected chi connectivity index (χ0v) is 9.57. The molecule has 0 heterocycles. The minimum absolute atomic E-state index is 0. The van der Waals surface area contributed by atoms with Crippen LogP contribution in [-0.4, -0.2) is 30.1 Å². The van der Waals surface area contributed by atoms with Crippen LogP contribution in [0.3, 0.4) is 0 Å². The van der Waals surface area contributed by atoms with Crippen molar-refractivity contribution >= 4 is 0 Å². The summed E-state index contributed by atoms with van der Waals surface area (Å²) < 4.78 is 1.05. The fourth-order valence-corrected chi connectivity index (χ4v) is 1.24. The van der Waals surface area contributed by atoms with E-state index in [-0.39, 0.29) is 5.48 Å². The van der Waals surface area contributed by atoms with Crippen LogP contribution in [0.15, 0.2) is 30.3 Å². The number of rotatable bonds is 3. The number of quaternary nitrogens is 1. The smallest absolute Gasteiger partial charge is 0.104 e. The van der Waals surface area contributed by atoms with Gasteiger partial charge in [0.2, 0.25) is 0 Å². The van der Waals surface area contributed by atoms with Crippen LogP contribution in [0.25, 0.3) is 0 Å². The molecule has 0 atom stereocenters. The first-order chi connectivity index (χ1) is 6.02. The predicted molar refractivity (Wildman–Crippen MR) is 59.3 cm³/mol. The first-order valence-corrected chi connectivity index (χ1v) is 4.89. The van der Waals surface area contributed by atoms with E-state index in [1.165, 1.54) is 5.56 Å². The van der Waals surface area contributed by atoms with Gasteiger partial charge >= 0.3 is 0 Å². The average molecular weight is 195 g/mol. The zero-order chi connectivity index (χ0) is 9.90. The molecule has 2 nitrogen and oxygen atoms in total. The Morgan fingerprint density at radius 3 is 2.00 bits per heavy atom. The number of hydrogen-bond acceptors (Lipinski definition) is 1. The molecule has 0 aliphatic rings. The van der Waals surface area contributed by atoms with Gasteiger partial charge in [-0.25, -0.2) is 0 Å². The first kappa shape index (κ1) is 13.1. The molecular formula is C12H21NO. The Balaban J connectivity index is 0.00000169. The van der Waals surface area contributed by atoms with Crippen LogP contribution < -0.4 is 0 Å². The second kappa shape index (κ2) is 5.13. The Bertz CT molecular complexity index is 254. The summed E-state index contributed by atoms with van der Waals surface area (Å²) in [4.78, 5) is 0. The molecule has 0 saturated heterocycles. The van der Waals surface area contributed by atoms with Gasteiger partial charge in [0.25, 0.3) is 0 Å². The van der Waals surface area contributed by atoms with E-state index in [0.29, 0.717) is 6.04 Å². The van der Waals surface area contributed by atoms with Gasteiger partial charge in [0.05, 0.1) is 20.1 Å². The molecule has 0 aromatic heterocycles. The van der Waals surface area contributed by atoms with Crippen molar-refractivity contribution in [2.24, 2.45) is 0 Å². The van der Waals surface area contributed by atoms with E-state index in [0.717, 1.165) is 11.0 Å². The fraction of sp³-hybridized carbons (Fsp3) is 0.500. The molecule has 0 saturated carbocycles. The summed E-state index contributed by atoms with van der Waals surface area (Å²) in [6.45, 7) is 5.64. The number of nitrogens with zero attached hydrogens (tertiary/aromatic N) is 1. The first-order valence-electron chi connectivity index (χ1n) is 4.89. The van der Waals surface area contributed by atoms with Gasteiger partial charge in [-0.1, -0.05) is 30.3 Å². The molecule has 0 unspecified atom stereocenters. The summed E-state index contributed by atoms with van der Waals surface area (Å²) in [5.41, 5.74) is 1.42. The van der Waals surface area contributed by atoms with E-state index in [1.807, 2.05) is 0 Å². The van der Waals surface area contributed by atoms with Crippen LogP contribution in [0, 0.1) is 0 Å². The van der Waals surface area contributed by atoms with Gasteiger partial charge in [-0.3, -0.25) is 0 Å². The standard InChI is InChI=1S/C12H20N.H2O/c1-11(2)13(3,4)10-12-8-6-5-7-9-12;/h5-9,11H,10H2,1-4H3;1H2/q+1;/p-1. The van der Waals surface area contributed by atoms with Crippen molar-refractivity contribution in [3.8, 4) is 0 Å². The SMILES string of the molecule is CC(C)[N+](C)(C)Cc1ccccc1.[OH-]. The zero-order valence-electron chi connectivity index (χ0n) is 9.57. The van der Waals surface area contributed by atoms with Crippen LogP contribution in [-0.2, 0) is 6.54 Å². The normalized spacial score (nSPS) is 11.2. The lowest BCUT2D eigenvalue weighted by atomic mass is 10.1. The van der Waals surface area contributed by atoms with Crippen LogP contribution in [0.2, 0.25) is 0 Å². The lowest BCUT2D eigenvalue weighted by Crippen LogP contribution is -2.44. The van der Waals surface area contributed by atoms with E-state index in [2.05, 4.69) is 58.3 Å². The minimum atomic E-state index is 0. The van der Waals surface area contributed by atoms with Crippen molar-refractivity contribution in [1.82, 2.24) is 0 Å².